The van der Waals surface area contributed by atoms with Gasteiger partial charge in [-0.15, -0.1) is 11.3 Å². The molecule has 3 nitrogen and oxygen atoms in total. The zero-order valence-corrected chi connectivity index (χ0v) is 11.3. The number of carbonyl (C=O) groups is 1. The van der Waals surface area contributed by atoms with Crippen LogP contribution in [0.2, 0.25) is 0 Å². The van der Waals surface area contributed by atoms with Crippen molar-refractivity contribution < 1.29 is 13.9 Å². The first kappa shape index (κ1) is 13.7. The standard InChI is InChI=1S/C14H14FNO2S/c1-18-14(17)9-16-8-10-4-5-12(15)11(7-10)13-3-2-6-19-13/h2-7,16H,8-9H2,1H3. The van der Waals surface area contributed by atoms with Gasteiger partial charge in [0.2, 0.25) is 0 Å². The Bertz CT molecular complexity index is 555. The van der Waals surface area contributed by atoms with Gasteiger partial charge in [0.05, 0.1) is 13.7 Å². The van der Waals surface area contributed by atoms with Crippen LogP contribution in [0.3, 0.4) is 0 Å². The number of rotatable bonds is 5. The van der Waals surface area contributed by atoms with Crippen molar-refractivity contribution in [2.75, 3.05) is 13.7 Å². The van der Waals surface area contributed by atoms with Gasteiger partial charge in [-0.05, 0) is 29.1 Å². The zero-order valence-electron chi connectivity index (χ0n) is 10.5. The molecule has 2 rings (SSSR count). The van der Waals surface area contributed by atoms with Crippen LogP contribution in [0.5, 0.6) is 0 Å². The van der Waals surface area contributed by atoms with E-state index in [1.54, 1.807) is 12.1 Å². The van der Waals surface area contributed by atoms with Crippen molar-refractivity contribution in [2.45, 2.75) is 6.54 Å². The second-order valence-corrected chi connectivity index (χ2v) is 4.92. The van der Waals surface area contributed by atoms with E-state index in [2.05, 4.69) is 10.1 Å². The summed E-state index contributed by atoms with van der Waals surface area (Å²) >= 11 is 1.50. The van der Waals surface area contributed by atoms with Crippen molar-refractivity contribution in [1.82, 2.24) is 5.32 Å². The lowest BCUT2D eigenvalue weighted by Crippen LogP contribution is -2.23. The third-order valence-corrected chi connectivity index (χ3v) is 3.55. The summed E-state index contributed by atoms with van der Waals surface area (Å²) in [6.45, 7) is 0.635. The fraction of sp³-hybridized carbons (Fsp3) is 0.214. The maximum atomic E-state index is 13.8. The Morgan fingerprint density at radius 2 is 2.26 bits per heavy atom. The molecule has 0 aliphatic heterocycles. The Kier molecular flexibility index (Phi) is 4.65. The number of thiophene rings is 1. The van der Waals surface area contributed by atoms with Crippen molar-refractivity contribution in [3.8, 4) is 10.4 Å². The van der Waals surface area contributed by atoms with Crippen LogP contribution in [0.1, 0.15) is 5.56 Å². The van der Waals surface area contributed by atoms with Gasteiger partial charge in [-0.3, -0.25) is 4.79 Å². The quantitative estimate of drug-likeness (QED) is 0.855. The molecule has 0 aliphatic carbocycles. The normalized spacial score (nSPS) is 10.4. The monoisotopic (exact) mass is 279 g/mol. The van der Waals surface area contributed by atoms with E-state index in [1.807, 2.05) is 17.5 Å². The van der Waals surface area contributed by atoms with E-state index in [1.165, 1.54) is 24.5 Å². The van der Waals surface area contributed by atoms with Crippen molar-refractivity contribution in [2.24, 2.45) is 0 Å². The van der Waals surface area contributed by atoms with Gasteiger partial charge in [-0.2, -0.15) is 0 Å². The van der Waals surface area contributed by atoms with Crippen LogP contribution in [-0.4, -0.2) is 19.6 Å². The molecule has 1 aromatic carbocycles. The second-order valence-electron chi connectivity index (χ2n) is 3.97. The fourth-order valence-electron chi connectivity index (χ4n) is 1.68. The average Bonchev–Trinajstić information content (AvgIpc) is 2.94. The molecular weight excluding hydrogens is 265 g/mol. The van der Waals surface area contributed by atoms with E-state index in [9.17, 15) is 9.18 Å². The first-order chi connectivity index (χ1) is 9.20. The molecule has 1 N–H and O–H groups in total. The van der Waals surface area contributed by atoms with E-state index in [0.29, 0.717) is 12.1 Å². The predicted molar refractivity (Wildman–Crippen MR) is 73.4 cm³/mol. The molecule has 0 amide bonds. The van der Waals surface area contributed by atoms with E-state index in [-0.39, 0.29) is 18.3 Å². The Hall–Kier alpha value is -1.72. The topological polar surface area (TPSA) is 38.3 Å². The van der Waals surface area contributed by atoms with Crippen LogP contribution in [0.15, 0.2) is 35.7 Å². The smallest absolute Gasteiger partial charge is 0.319 e. The number of hydrogen-bond acceptors (Lipinski definition) is 4. The molecule has 0 spiro atoms. The number of carbonyl (C=O) groups excluding carboxylic acids is 1. The Morgan fingerprint density at radius 1 is 1.42 bits per heavy atom. The van der Waals surface area contributed by atoms with Crippen molar-refractivity contribution >= 4 is 17.3 Å². The highest BCUT2D eigenvalue weighted by Gasteiger charge is 2.07. The number of halogens is 1. The zero-order chi connectivity index (χ0) is 13.7. The van der Waals surface area contributed by atoms with Gasteiger partial charge in [0.25, 0.3) is 0 Å². The molecule has 0 aliphatic rings. The highest BCUT2D eigenvalue weighted by atomic mass is 32.1. The molecule has 100 valence electrons. The summed E-state index contributed by atoms with van der Waals surface area (Å²) in [4.78, 5) is 11.9. The molecule has 19 heavy (non-hydrogen) atoms. The molecule has 1 heterocycles. The predicted octanol–water partition coefficient (Wildman–Crippen LogP) is 2.82. The maximum absolute atomic E-state index is 13.8. The van der Waals surface area contributed by atoms with E-state index >= 15 is 0 Å². The van der Waals surface area contributed by atoms with Crippen molar-refractivity contribution in [3.05, 3.63) is 47.1 Å². The summed E-state index contributed by atoms with van der Waals surface area (Å²) < 4.78 is 18.3. The van der Waals surface area contributed by atoms with Crippen LogP contribution in [0, 0.1) is 5.82 Å². The number of methoxy groups -OCH3 is 1. The molecule has 0 saturated heterocycles. The largest absolute Gasteiger partial charge is 0.468 e. The Balaban J connectivity index is 2.07. The molecule has 0 radical (unpaired) electrons. The first-order valence-electron chi connectivity index (χ1n) is 5.80. The lowest BCUT2D eigenvalue weighted by molar-refractivity contribution is -0.139. The SMILES string of the molecule is COC(=O)CNCc1ccc(F)c(-c2cccs2)c1. The third-order valence-electron chi connectivity index (χ3n) is 2.64. The van der Waals surface area contributed by atoms with Crippen LogP contribution < -0.4 is 5.32 Å². The van der Waals surface area contributed by atoms with Gasteiger partial charge < -0.3 is 10.1 Å². The van der Waals surface area contributed by atoms with Crippen LogP contribution in [0.25, 0.3) is 10.4 Å². The maximum Gasteiger partial charge on any atom is 0.319 e. The minimum absolute atomic E-state index is 0.141. The summed E-state index contributed by atoms with van der Waals surface area (Å²) in [5.74, 6) is -0.556. The minimum atomic E-state index is -0.319. The minimum Gasteiger partial charge on any atom is -0.468 e. The molecule has 0 saturated carbocycles. The number of ether oxygens (including phenoxy) is 1. The molecule has 1 aromatic heterocycles. The van der Waals surface area contributed by atoms with Gasteiger partial charge in [-0.1, -0.05) is 12.1 Å². The van der Waals surface area contributed by atoms with Crippen LogP contribution in [-0.2, 0) is 16.1 Å². The summed E-state index contributed by atoms with van der Waals surface area (Å²) in [5, 5.41) is 4.86. The van der Waals surface area contributed by atoms with Gasteiger partial charge in [0.1, 0.15) is 5.82 Å². The molecule has 0 atom stereocenters. The molecule has 0 bridgehead atoms. The molecule has 5 heteroatoms. The van der Waals surface area contributed by atoms with Crippen molar-refractivity contribution in [1.29, 1.82) is 0 Å². The highest BCUT2D eigenvalue weighted by molar-refractivity contribution is 7.13. The average molecular weight is 279 g/mol. The first-order valence-corrected chi connectivity index (χ1v) is 6.68. The lowest BCUT2D eigenvalue weighted by atomic mass is 10.1. The summed E-state index contributed by atoms with van der Waals surface area (Å²) in [6.07, 6.45) is 0. The second kappa shape index (κ2) is 6.45. The fourth-order valence-corrected chi connectivity index (χ4v) is 2.43. The highest BCUT2D eigenvalue weighted by Crippen LogP contribution is 2.28. The number of benzene rings is 1. The Labute approximate surface area is 115 Å². The van der Waals surface area contributed by atoms with Gasteiger partial charge in [-0.25, -0.2) is 4.39 Å². The summed E-state index contributed by atoms with van der Waals surface area (Å²) in [7, 11) is 1.34. The van der Waals surface area contributed by atoms with Crippen LogP contribution in [0.4, 0.5) is 4.39 Å². The molecular formula is C14H14FNO2S. The Morgan fingerprint density at radius 3 is 2.95 bits per heavy atom. The third kappa shape index (κ3) is 3.62. The van der Waals surface area contributed by atoms with E-state index in [0.717, 1.165) is 10.4 Å². The molecule has 0 unspecified atom stereocenters. The lowest BCUT2D eigenvalue weighted by Gasteiger charge is -2.06. The summed E-state index contributed by atoms with van der Waals surface area (Å²) in [6, 6.07) is 8.72. The van der Waals surface area contributed by atoms with Gasteiger partial charge >= 0.3 is 5.97 Å². The van der Waals surface area contributed by atoms with E-state index < -0.39 is 0 Å². The number of nitrogens with one attached hydrogen (secondary N) is 1. The number of hydrogen-bond donors (Lipinski definition) is 1. The number of esters is 1. The summed E-state index contributed by atoms with van der Waals surface area (Å²) in [5.41, 5.74) is 1.51. The molecule has 2 aromatic rings. The van der Waals surface area contributed by atoms with Crippen molar-refractivity contribution in [3.63, 3.8) is 0 Å². The van der Waals surface area contributed by atoms with Gasteiger partial charge in [0.15, 0.2) is 0 Å². The van der Waals surface area contributed by atoms with E-state index in [4.69, 9.17) is 0 Å². The molecule has 0 fully saturated rings. The van der Waals surface area contributed by atoms with Gasteiger partial charge in [0, 0.05) is 17.0 Å². The van der Waals surface area contributed by atoms with Crippen LogP contribution >= 0.6 is 11.3 Å².